The lowest BCUT2D eigenvalue weighted by atomic mass is 10.1. The summed E-state index contributed by atoms with van der Waals surface area (Å²) in [4.78, 5) is 0. The van der Waals surface area contributed by atoms with Crippen LogP contribution < -0.4 is 0 Å². The summed E-state index contributed by atoms with van der Waals surface area (Å²) in [5, 5.41) is 26.3. The van der Waals surface area contributed by atoms with E-state index < -0.39 is 12.2 Å². The molecule has 0 aliphatic carbocycles. The molecule has 4 heteroatoms. The van der Waals surface area contributed by atoms with Gasteiger partial charge in [-0.1, -0.05) is 0 Å². The Kier molecular flexibility index (Phi) is 2.26. The fourth-order valence-electron chi connectivity index (χ4n) is 0.656. The lowest BCUT2D eigenvalue weighted by Crippen LogP contribution is -2.29. The second-order valence-corrected chi connectivity index (χ2v) is 2.03. The molecule has 1 rings (SSSR count). The van der Waals surface area contributed by atoms with Gasteiger partial charge in [0.05, 0.1) is 0 Å². The van der Waals surface area contributed by atoms with Crippen LogP contribution in [0.3, 0.4) is 0 Å². The third-order valence-corrected chi connectivity index (χ3v) is 1.22. The minimum atomic E-state index is -0.990. The van der Waals surface area contributed by atoms with Crippen molar-refractivity contribution in [2.24, 2.45) is 0 Å². The van der Waals surface area contributed by atoms with Crippen LogP contribution in [0.2, 0.25) is 0 Å². The third-order valence-electron chi connectivity index (χ3n) is 1.22. The van der Waals surface area contributed by atoms with Crippen molar-refractivity contribution in [1.82, 2.24) is 0 Å². The van der Waals surface area contributed by atoms with Crippen LogP contribution in [-0.4, -0.2) is 34.1 Å². The summed E-state index contributed by atoms with van der Waals surface area (Å²) in [5.74, 6) is 0.262. The molecule has 1 radical (unpaired) electrons. The molecule has 3 N–H and O–H groups in total. The number of aliphatic hydroxyl groups excluding tert-OH is 3. The summed E-state index contributed by atoms with van der Waals surface area (Å²) in [6.07, 6.45) is -0.684. The first-order valence-corrected chi connectivity index (χ1v) is 2.91. The Morgan fingerprint density at radius 2 is 2.10 bits per heavy atom. The molecule has 57 valence electrons. The molecule has 0 amide bonds. The maximum Gasteiger partial charge on any atom is 0.166 e. The van der Waals surface area contributed by atoms with Gasteiger partial charge in [0.1, 0.15) is 24.6 Å². The summed E-state index contributed by atoms with van der Waals surface area (Å²) in [6.45, 7) is 0.816. The third kappa shape index (κ3) is 1.47. The molecule has 0 bridgehead atoms. The average molecular weight is 145 g/mol. The van der Waals surface area contributed by atoms with E-state index in [1.807, 2.05) is 0 Å². The lowest BCUT2D eigenvalue weighted by molar-refractivity contribution is 0.00901. The maximum atomic E-state index is 8.93. The van der Waals surface area contributed by atoms with E-state index in [1.54, 1.807) is 0 Å². The normalized spacial score (nSPS) is 32.9. The minimum absolute atomic E-state index is 0.262. The Balaban J connectivity index is 2.56. The Labute approximate surface area is 58.4 Å². The van der Waals surface area contributed by atoms with Gasteiger partial charge in [-0.2, -0.15) is 0 Å². The van der Waals surface area contributed by atoms with Crippen molar-refractivity contribution in [3.63, 3.8) is 0 Å². The van der Waals surface area contributed by atoms with Crippen LogP contribution in [0.25, 0.3) is 0 Å². The van der Waals surface area contributed by atoms with E-state index in [4.69, 9.17) is 15.3 Å². The number of rotatable bonds is 1. The molecule has 1 aliphatic heterocycles. The summed E-state index contributed by atoms with van der Waals surface area (Å²) >= 11 is 0. The van der Waals surface area contributed by atoms with E-state index in [2.05, 4.69) is 4.74 Å². The van der Waals surface area contributed by atoms with Crippen LogP contribution in [0.4, 0.5) is 0 Å². The topological polar surface area (TPSA) is 69.9 Å². The fraction of sp³-hybridized carbons (Fsp3) is 0.500. The van der Waals surface area contributed by atoms with Crippen molar-refractivity contribution in [3.05, 3.63) is 18.4 Å². The van der Waals surface area contributed by atoms with Gasteiger partial charge in [0.15, 0.2) is 6.61 Å². The Morgan fingerprint density at radius 3 is 2.60 bits per heavy atom. The number of hydrogen-bond donors (Lipinski definition) is 3. The molecule has 1 aliphatic rings. The molecule has 0 spiro atoms. The van der Waals surface area contributed by atoms with Gasteiger partial charge >= 0.3 is 0 Å². The zero-order chi connectivity index (χ0) is 7.56. The molecule has 0 aromatic heterocycles. The highest BCUT2D eigenvalue weighted by Crippen LogP contribution is 2.13. The van der Waals surface area contributed by atoms with Gasteiger partial charge in [-0.15, -0.1) is 0 Å². The molecular weight excluding hydrogens is 136 g/mol. The van der Waals surface area contributed by atoms with Crippen LogP contribution in [0.15, 0.2) is 11.8 Å². The van der Waals surface area contributed by atoms with Crippen LogP contribution in [0.1, 0.15) is 0 Å². The maximum absolute atomic E-state index is 8.93. The summed E-state index contributed by atoms with van der Waals surface area (Å²) in [5.41, 5.74) is 0. The van der Waals surface area contributed by atoms with Crippen LogP contribution in [0.5, 0.6) is 0 Å². The predicted octanol–water partition coefficient (Wildman–Crippen LogP) is -1.22. The SMILES string of the molecule is OCC1=C[C@H](O)[C@H](O)[CH]O1. The fourth-order valence-corrected chi connectivity index (χ4v) is 0.656. The highest BCUT2D eigenvalue weighted by molar-refractivity contribution is 5.06. The van der Waals surface area contributed by atoms with Crippen molar-refractivity contribution < 1.29 is 20.1 Å². The van der Waals surface area contributed by atoms with Gasteiger partial charge in [-0.25, -0.2) is 0 Å². The van der Waals surface area contributed by atoms with Gasteiger partial charge in [0, 0.05) is 0 Å². The van der Waals surface area contributed by atoms with Crippen molar-refractivity contribution in [3.8, 4) is 0 Å². The van der Waals surface area contributed by atoms with E-state index >= 15 is 0 Å². The number of hydrogen-bond acceptors (Lipinski definition) is 4. The molecule has 1 heterocycles. The molecule has 0 saturated heterocycles. The monoisotopic (exact) mass is 145 g/mol. The Bertz CT molecular complexity index is 143. The quantitative estimate of drug-likeness (QED) is 0.432. The minimum Gasteiger partial charge on any atom is -0.486 e. The van der Waals surface area contributed by atoms with Crippen molar-refractivity contribution in [1.29, 1.82) is 0 Å². The second-order valence-electron chi connectivity index (χ2n) is 2.03. The van der Waals surface area contributed by atoms with E-state index in [9.17, 15) is 0 Å². The van der Waals surface area contributed by atoms with Gasteiger partial charge < -0.3 is 20.1 Å². The highest BCUT2D eigenvalue weighted by Gasteiger charge is 2.21. The first-order valence-electron chi connectivity index (χ1n) is 2.91. The summed E-state index contributed by atoms with van der Waals surface area (Å²) in [6, 6.07) is 0. The predicted molar refractivity (Wildman–Crippen MR) is 32.6 cm³/mol. The standard InChI is InChI=1S/C6H9O4/c7-2-4-1-5(8)6(9)3-10-4/h1,3,5-9H,2H2/t5-,6+/m0/s1. The molecule has 0 unspecified atom stereocenters. The zero-order valence-corrected chi connectivity index (χ0v) is 5.27. The van der Waals surface area contributed by atoms with Gasteiger partial charge in [0.25, 0.3) is 0 Å². The lowest BCUT2D eigenvalue weighted by Gasteiger charge is -2.21. The number of ether oxygens (including phenoxy) is 1. The van der Waals surface area contributed by atoms with Crippen LogP contribution >= 0.6 is 0 Å². The molecular formula is C6H9O4. The van der Waals surface area contributed by atoms with Gasteiger partial charge in [-0.05, 0) is 6.08 Å². The first kappa shape index (κ1) is 7.53. The highest BCUT2D eigenvalue weighted by atomic mass is 16.5. The molecule has 0 aromatic rings. The van der Waals surface area contributed by atoms with Crippen molar-refractivity contribution >= 4 is 0 Å². The molecule has 0 aromatic carbocycles. The number of aliphatic hydroxyl groups is 3. The summed E-state index contributed by atoms with van der Waals surface area (Å²) < 4.78 is 4.69. The largest absolute Gasteiger partial charge is 0.486 e. The van der Waals surface area contributed by atoms with Crippen LogP contribution in [-0.2, 0) is 4.74 Å². The molecule has 0 saturated carbocycles. The van der Waals surface area contributed by atoms with Crippen molar-refractivity contribution in [2.75, 3.05) is 6.61 Å². The van der Waals surface area contributed by atoms with Gasteiger partial charge in [-0.3, -0.25) is 0 Å². The zero-order valence-electron chi connectivity index (χ0n) is 5.27. The van der Waals surface area contributed by atoms with Crippen molar-refractivity contribution in [2.45, 2.75) is 12.2 Å². The van der Waals surface area contributed by atoms with Crippen LogP contribution in [0, 0.1) is 6.61 Å². The van der Waals surface area contributed by atoms with E-state index in [0.717, 1.165) is 6.61 Å². The smallest absolute Gasteiger partial charge is 0.166 e. The van der Waals surface area contributed by atoms with E-state index in [1.165, 1.54) is 6.08 Å². The second kappa shape index (κ2) is 3.01. The molecule has 2 atom stereocenters. The Morgan fingerprint density at radius 1 is 1.40 bits per heavy atom. The molecule has 0 fully saturated rings. The average Bonchev–Trinajstić information content (AvgIpc) is 1.95. The summed E-state index contributed by atoms with van der Waals surface area (Å²) in [7, 11) is 0. The van der Waals surface area contributed by atoms with E-state index in [0.29, 0.717) is 0 Å². The first-order chi connectivity index (χ1) is 4.74. The molecule has 10 heavy (non-hydrogen) atoms. The van der Waals surface area contributed by atoms with E-state index in [-0.39, 0.29) is 12.4 Å². The Hall–Kier alpha value is -0.580. The van der Waals surface area contributed by atoms with Gasteiger partial charge in [0.2, 0.25) is 0 Å². The molecule has 4 nitrogen and oxygen atoms in total.